The Kier molecular flexibility index (Phi) is 11.6. The Hall–Kier alpha value is -12.1. The molecule has 8 heteroatoms. The van der Waals surface area contributed by atoms with Gasteiger partial charge in [0.25, 0.3) is 6.71 Å². The Balaban J connectivity index is 0.956. The SMILES string of the molecule is N#Cc1ccc(N(c2ccccc2)c2ccccc2)c(-c2ccc3c(c2)Oc2cc(-c4cc(C#N)ccc4-n4c5ccccc5c5ccccc54)cc4c2B3c2ccc(-n3c5ccccc5c5ccccc53)cc2N4c2ccccc2-c2ccccc2)c1. The monoisotopic (exact) mass is 1120 g/mol. The highest BCUT2D eigenvalue weighted by Gasteiger charge is 2.43. The molecule has 408 valence electrons. The minimum Gasteiger partial charge on any atom is -0.458 e. The highest BCUT2D eigenvalue weighted by molar-refractivity contribution is 6.99. The van der Waals surface area contributed by atoms with Gasteiger partial charge in [-0.25, -0.2) is 0 Å². The summed E-state index contributed by atoms with van der Waals surface area (Å²) in [6, 6.07) is 110. The van der Waals surface area contributed by atoms with Crippen LogP contribution in [0.15, 0.2) is 297 Å². The molecule has 0 amide bonds. The lowest BCUT2D eigenvalue weighted by Crippen LogP contribution is -2.59. The number of hydrogen-bond donors (Lipinski definition) is 0. The highest BCUT2D eigenvalue weighted by Crippen LogP contribution is 2.49. The summed E-state index contributed by atoms with van der Waals surface area (Å²) in [6.45, 7) is -0.295. The molecule has 0 saturated carbocycles. The van der Waals surface area contributed by atoms with Gasteiger partial charge in [0.2, 0.25) is 0 Å². The van der Waals surface area contributed by atoms with Gasteiger partial charge in [-0.15, -0.1) is 0 Å². The number of ether oxygens (including phenoxy) is 1. The number of nitrogens with zero attached hydrogens (tertiary/aromatic N) is 6. The molecule has 0 radical (unpaired) electrons. The van der Waals surface area contributed by atoms with Crippen molar-refractivity contribution in [3.63, 3.8) is 0 Å². The zero-order valence-electron chi connectivity index (χ0n) is 47.5. The van der Waals surface area contributed by atoms with Crippen LogP contribution in [0, 0.1) is 22.7 Å². The summed E-state index contributed by atoms with van der Waals surface area (Å²) in [5.41, 5.74) is 22.2. The molecule has 0 unspecified atom stereocenters. The van der Waals surface area contributed by atoms with Gasteiger partial charge in [-0.3, -0.25) is 0 Å². The summed E-state index contributed by atoms with van der Waals surface area (Å²) >= 11 is 0. The van der Waals surface area contributed by atoms with Crippen LogP contribution in [0.5, 0.6) is 11.5 Å². The third-order valence-corrected chi connectivity index (χ3v) is 17.8. The lowest BCUT2D eigenvalue weighted by Gasteiger charge is -2.41. The Bertz CT molecular complexity index is 5280. The number of hydrogen-bond acceptors (Lipinski definition) is 5. The van der Waals surface area contributed by atoms with Crippen molar-refractivity contribution in [3.8, 4) is 68.4 Å². The van der Waals surface area contributed by atoms with Crippen LogP contribution in [0.4, 0.5) is 34.1 Å². The molecular weight excluding hydrogens is 1070 g/mol. The summed E-state index contributed by atoms with van der Waals surface area (Å²) < 4.78 is 12.4. The molecule has 13 aromatic carbocycles. The maximum atomic E-state index is 10.8. The van der Waals surface area contributed by atoms with Gasteiger partial charge < -0.3 is 23.7 Å². The average molecular weight is 1120 g/mol. The number of aromatic nitrogens is 2. The van der Waals surface area contributed by atoms with Crippen molar-refractivity contribution in [2.75, 3.05) is 9.80 Å². The van der Waals surface area contributed by atoms with Gasteiger partial charge in [0.05, 0.1) is 62.4 Å². The van der Waals surface area contributed by atoms with Crippen LogP contribution in [0.1, 0.15) is 11.1 Å². The summed E-state index contributed by atoms with van der Waals surface area (Å²) in [5.74, 6) is 1.42. The van der Waals surface area contributed by atoms with Gasteiger partial charge in [-0.1, -0.05) is 176 Å². The van der Waals surface area contributed by atoms with Crippen molar-refractivity contribution in [3.05, 3.63) is 308 Å². The van der Waals surface area contributed by atoms with Crippen LogP contribution in [0.25, 0.3) is 88.4 Å². The minimum absolute atomic E-state index is 0.295. The number of fused-ring (bicyclic) bond motifs is 10. The molecule has 0 fully saturated rings. The second-order valence-electron chi connectivity index (χ2n) is 22.6. The van der Waals surface area contributed by atoms with Gasteiger partial charge in [-0.05, 0) is 154 Å². The van der Waals surface area contributed by atoms with Crippen LogP contribution in [-0.4, -0.2) is 15.8 Å². The van der Waals surface area contributed by atoms with Crippen molar-refractivity contribution in [1.82, 2.24) is 9.13 Å². The Labute approximate surface area is 509 Å². The van der Waals surface area contributed by atoms with Crippen molar-refractivity contribution in [2.45, 2.75) is 0 Å². The summed E-state index contributed by atoms with van der Waals surface area (Å²) in [5, 5.41) is 26.0. The molecule has 0 N–H and O–H groups in total. The van der Waals surface area contributed by atoms with Crippen molar-refractivity contribution >= 4 is 101 Å². The number of nitriles is 2. The van der Waals surface area contributed by atoms with E-state index >= 15 is 0 Å². The van der Waals surface area contributed by atoms with Gasteiger partial charge in [0.15, 0.2) is 0 Å². The predicted molar refractivity (Wildman–Crippen MR) is 361 cm³/mol. The van der Waals surface area contributed by atoms with Gasteiger partial charge in [-0.2, -0.15) is 10.5 Å². The number of para-hydroxylation sites is 7. The first-order valence-corrected chi connectivity index (χ1v) is 29.6. The van der Waals surface area contributed by atoms with E-state index < -0.39 is 0 Å². The molecule has 88 heavy (non-hydrogen) atoms. The molecular formula is C80H49BN6O. The van der Waals surface area contributed by atoms with E-state index in [0.717, 1.165) is 128 Å². The van der Waals surface area contributed by atoms with E-state index in [4.69, 9.17) is 4.74 Å². The van der Waals surface area contributed by atoms with E-state index in [1.54, 1.807) is 0 Å². The standard InChI is InChI=1S/C80H49BN6O/c82-50-52-36-42-74(84(57-22-6-2-7-23-57)58-24-8-3-9-25-58)65(44-52)55-38-40-68-78(47-55)88-79-48-56(66-45-53(51-83)37-43-75(66)86-72-34-18-13-29-63(72)64-30-14-19-35-73(64)86)46-77-80(79)81(68)67-41-39-59(85-70-32-16-11-27-61(70)62-28-12-17-33-71(62)85)49-76(67)87(77)69-31-15-10-26-60(69)54-20-4-1-5-21-54/h1-49H. The van der Waals surface area contributed by atoms with Crippen LogP contribution < -0.4 is 30.9 Å². The maximum Gasteiger partial charge on any atom is 0.256 e. The predicted octanol–water partition coefficient (Wildman–Crippen LogP) is 18.5. The molecule has 17 rings (SSSR count). The Morgan fingerprint density at radius 3 is 1.49 bits per heavy atom. The molecule has 2 aliphatic heterocycles. The summed E-state index contributed by atoms with van der Waals surface area (Å²) in [4.78, 5) is 4.72. The fourth-order valence-electron chi connectivity index (χ4n) is 14.0. The second kappa shape index (κ2) is 20.3. The van der Waals surface area contributed by atoms with Crippen LogP contribution in [0.2, 0.25) is 0 Å². The molecule has 0 atom stereocenters. The largest absolute Gasteiger partial charge is 0.458 e. The zero-order chi connectivity index (χ0) is 58.4. The first kappa shape index (κ1) is 50.4. The third kappa shape index (κ3) is 7.91. The Morgan fingerprint density at radius 1 is 0.341 bits per heavy atom. The average Bonchev–Trinajstić information content (AvgIpc) is 1.49. The van der Waals surface area contributed by atoms with Gasteiger partial charge >= 0.3 is 0 Å². The van der Waals surface area contributed by atoms with Gasteiger partial charge in [0, 0.05) is 66.7 Å². The lowest BCUT2D eigenvalue weighted by molar-refractivity contribution is 0.488. The smallest absolute Gasteiger partial charge is 0.256 e. The van der Waals surface area contributed by atoms with Crippen LogP contribution in [0.3, 0.4) is 0 Å². The fourth-order valence-corrected chi connectivity index (χ4v) is 14.0. The number of rotatable bonds is 9. The quantitative estimate of drug-likeness (QED) is 0.135. The van der Waals surface area contributed by atoms with E-state index in [0.29, 0.717) is 22.6 Å². The molecule has 0 spiro atoms. The van der Waals surface area contributed by atoms with Crippen molar-refractivity contribution in [2.24, 2.45) is 0 Å². The van der Waals surface area contributed by atoms with Crippen molar-refractivity contribution in [1.29, 1.82) is 10.5 Å². The van der Waals surface area contributed by atoms with Gasteiger partial charge in [0.1, 0.15) is 11.5 Å². The summed E-state index contributed by atoms with van der Waals surface area (Å²) in [6.07, 6.45) is 0. The normalized spacial score (nSPS) is 12.1. The van der Waals surface area contributed by atoms with Crippen LogP contribution >= 0.6 is 0 Å². The fraction of sp³-hybridized carbons (Fsp3) is 0. The molecule has 15 aromatic rings. The molecule has 2 aliphatic rings. The van der Waals surface area contributed by atoms with E-state index in [-0.39, 0.29) is 6.71 Å². The number of benzene rings is 13. The molecule has 2 aromatic heterocycles. The molecule has 4 heterocycles. The van der Waals surface area contributed by atoms with E-state index in [9.17, 15) is 10.5 Å². The Morgan fingerprint density at radius 2 is 0.864 bits per heavy atom. The second-order valence-corrected chi connectivity index (χ2v) is 22.6. The molecule has 0 bridgehead atoms. The minimum atomic E-state index is -0.295. The first-order chi connectivity index (χ1) is 43.6. The third-order valence-electron chi connectivity index (χ3n) is 17.8. The molecule has 0 saturated heterocycles. The molecule has 7 nitrogen and oxygen atoms in total. The molecule has 0 aliphatic carbocycles. The lowest BCUT2D eigenvalue weighted by atomic mass is 9.34. The van der Waals surface area contributed by atoms with Crippen molar-refractivity contribution < 1.29 is 4.74 Å². The van der Waals surface area contributed by atoms with Crippen LogP contribution in [-0.2, 0) is 0 Å². The van der Waals surface area contributed by atoms with E-state index in [1.165, 1.54) is 10.8 Å². The zero-order valence-corrected chi connectivity index (χ0v) is 47.5. The maximum absolute atomic E-state index is 10.8. The topological polar surface area (TPSA) is 73.1 Å². The van der Waals surface area contributed by atoms with E-state index in [2.05, 4.69) is 292 Å². The highest BCUT2D eigenvalue weighted by atomic mass is 16.5. The number of anilines is 6. The van der Waals surface area contributed by atoms with E-state index in [1.807, 2.05) is 36.4 Å². The summed E-state index contributed by atoms with van der Waals surface area (Å²) in [7, 11) is 0. The first-order valence-electron chi connectivity index (χ1n) is 29.6.